The van der Waals surface area contributed by atoms with Crippen LogP contribution in [0.4, 0.5) is 0 Å². The van der Waals surface area contributed by atoms with E-state index < -0.39 is 0 Å². The van der Waals surface area contributed by atoms with Crippen molar-refractivity contribution in [3.05, 3.63) is 0 Å². The first-order valence-electron chi connectivity index (χ1n) is 7.19. The van der Waals surface area contributed by atoms with Gasteiger partial charge in [0.1, 0.15) is 0 Å². The van der Waals surface area contributed by atoms with Crippen molar-refractivity contribution in [2.75, 3.05) is 13.2 Å². The van der Waals surface area contributed by atoms with Crippen molar-refractivity contribution < 1.29 is 5.11 Å². The summed E-state index contributed by atoms with van der Waals surface area (Å²) < 4.78 is 0. The largest absolute Gasteiger partial charge is 0.396 e. The monoisotopic (exact) mass is 229 g/mol. The molecule has 0 aromatic rings. The molecule has 0 heterocycles. The van der Waals surface area contributed by atoms with Gasteiger partial charge in [0.05, 0.1) is 0 Å². The van der Waals surface area contributed by atoms with E-state index >= 15 is 0 Å². The van der Waals surface area contributed by atoms with E-state index in [1.54, 1.807) is 0 Å². The fourth-order valence-corrected chi connectivity index (χ4v) is 1.99. The minimum absolute atomic E-state index is 0.329. The molecular weight excluding hydrogens is 198 g/mol. The molecule has 0 amide bonds. The van der Waals surface area contributed by atoms with Gasteiger partial charge < -0.3 is 10.4 Å². The van der Waals surface area contributed by atoms with E-state index in [2.05, 4.69) is 19.2 Å². The number of unbranched alkanes of at least 4 members (excludes halogenated alkanes) is 5. The first-order chi connectivity index (χ1) is 7.85. The summed E-state index contributed by atoms with van der Waals surface area (Å²) in [7, 11) is 0. The average molecular weight is 229 g/mol. The van der Waals surface area contributed by atoms with E-state index in [0.29, 0.717) is 12.6 Å². The SMILES string of the molecule is CCCCCCCC(CC)NCCCCO. The summed E-state index contributed by atoms with van der Waals surface area (Å²) in [6, 6.07) is 0.695. The fourth-order valence-electron chi connectivity index (χ4n) is 1.99. The molecule has 2 nitrogen and oxygen atoms in total. The number of rotatable bonds is 12. The maximum atomic E-state index is 8.68. The van der Waals surface area contributed by atoms with E-state index in [1.807, 2.05) is 0 Å². The highest BCUT2D eigenvalue weighted by atomic mass is 16.2. The Labute approximate surface area is 102 Å². The van der Waals surface area contributed by atoms with E-state index in [4.69, 9.17) is 5.11 Å². The molecule has 0 saturated carbocycles. The Morgan fingerprint density at radius 1 is 0.938 bits per heavy atom. The zero-order valence-corrected chi connectivity index (χ0v) is 11.3. The van der Waals surface area contributed by atoms with Crippen LogP contribution in [0.5, 0.6) is 0 Å². The Balaban J connectivity index is 3.29. The third-order valence-corrected chi connectivity index (χ3v) is 3.17. The van der Waals surface area contributed by atoms with E-state index in [1.165, 1.54) is 44.9 Å². The second-order valence-electron chi connectivity index (χ2n) is 4.69. The van der Waals surface area contributed by atoms with E-state index in [9.17, 15) is 0 Å². The normalized spacial score (nSPS) is 12.9. The lowest BCUT2D eigenvalue weighted by Crippen LogP contribution is -2.29. The molecule has 1 unspecified atom stereocenters. The second-order valence-corrected chi connectivity index (χ2v) is 4.69. The summed E-state index contributed by atoms with van der Waals surface area (Å²) in [6.07, 6.45) is 11.5. The number of aliphatic hydroxyl groups is 1. The summed E-state index contributed by atoms with van der Waals surface area (Å²) in [5, 5.41) is 12.3. The van der Waals surface area contributed by atoms with Gasteiger partial charge in [-0.3, -0.25) is 0 Å². The molecule has 0 aliphatic heterocycles. The van der Waals surface area contributed by atoms with Crippen molar-refractivity contribution in [2.24, 2.45) is 0 Å². The van der Waals surface area contributed by atoms with E-state index in [-0.39, 0.29) is 0 Å². The van der Waals surface area contributed by atoms with Gasteiger partial charge in [0.15, 0.2) is 0 Å². The zero-order valence-electron chi connectivity index (χ0n) is 11.3. The first kappa shape index (κ1) is 15.9. The quantitative estimate of drug-likeness (QED) is 0.502. The number of nitrogens with one attached hydrogen (secondary N) is 1. The molecule has 0 aromatic carbocycles. The van der Waals surface area contributed by atoms with Crippen molar-refractivity contribution in [3.8, 4) is 0 Å². The Morgan fingerprint density at radius 2 is 1.69 bits per heavy atom. The second kappa shape index (κ2) is 13.0. The Hall–Kier alpha value is -0.0800. The standard InChI is InChI=1S/C14H31NO/c1-3-5-6-7-8-11-14(4-2)15-12-9-10-13-16/h14-16H,3-13H2,1-2H3. The molecular formula is C14H31NO. The van der Waals surface area contributed by atoms with Crippen LogP contribution in [0.3, 0.4) is 0 Å². The molecule has 0 spiro atoms. The summed E-state index contributed by atoms with van der Waals surface area (Å²) >= 11 is 0. The van der Waals surface area contributed by atoms with Crippen LogP contribution in [-0.4, -0.2) is 24.3 Å². The number of aliphatic hydroxyl groups excluding tert-OH is 1. The molecule has 0 aliphatic carbocycles. The lowest BCUT2D eigenvalue weighted by molar-refractivity contribution is 0.282. The van der Waals surface area contributed by atoms with Crippen molar-refractivity contribution in [3.63, 3.8) is 0 Å². The minimum atomic E-state index is 0.329. The van der Waals surface area contributed by atoms with Crippen LogP contribution in [0.15, 0.2) is 0 Å². The molecule has 98 valence electrons. The van der Waals surface area contributed by atoms with Crippen LogP contribution in [0.2, 0.25) is 0 Å². The van der Waals surface area contributed by atoms with Gasteiger partial charge in [0, 0.05) is 12.6 Å². The highest BCUT2D eigenvalue weighted by Gasteiger charge is 2.04. The molecule has 1 atom stereocenters. The average Bonchev–Trinajstić information content (AvgIpc) is 2.31. The molecule has 0 rings (SSSR count). The van der Waals surface area contributed by atoms with Crippen molar-refractivity contribution >= 4 is 0 Å². The number of hydrogen-bond acceptors (Lipinski definition) is 2. The lowest BCUT2D eigenvalue weighted by atomic mass is 10.0. The van der Waals surface area contributed by atoms with Crippen molar-refractivity contribution in [1.29, 1.82) is 0 Å². The van der Waals surface area contributed by atoms with Crippen LogP contribution in [0, 0.1) is 0 Å². The smallest absolute Gasteiger partial charge is 0.0431 e. The van der Waals surface area contributed by atoms with Gasteiger partial charge in [-0.15, -0.1) is 0 Å². The van der Waals surface area contributed by atoms with Gasteiger partial charge in [-0.2, -0.15) is 0 Å². The Bertz CT molecular complexity index is 128. The topological polar surface area (TPSA) is 32.3 Å². The van der Waals surface area contributed by atoms with Crippen LogP contribution in [-0.2, 0) is 0 Å². The van der Waals surface area contributed by atoms with Crippen LogP contribution in [0.25, 0.3) is 0 Å². The first-order valence-corrected chi connectivity index (χ1v) is 7.19. The van der Waals surface area contributed by atoms with Crippen molar-refractivity contribution in [1.82, 2.24) is 5.32 Å². The van der Waals surface area contributed by atoms with Gasteiger partial charge >= 0.3 is 0 Å². The third kappa shape index (κ3) is 10.4. The summed E-state index contributed by atoms with van der Waals surface area (Å²) in [5.41, 5.74) is 0. The maximum Gasteiger partial charge on any atom is 0.0431 e. The summed E-state index contributed by atoms with van der Waals surface area (Å²) in [5.74, 6) is 0. The maximum absolute atomic E-state index is 8.68. The molecule has 16 heavy (non-hydrogen) atoms. The predicted octanol–water partition coefficient (Wildman–Crippen LogP) is 3.49. The molecule has 0 aromatic heterocycles. The molecule has 0 bridgehead atoms. The highest BCUT2D eigenvalue weighted by molar-refractivity contribution is 4.64. The molecule has 0 radical (unpaired) electrons. The molecule has 0 fully saturated rings. The van der Waals surface area contributed by atoms with E-state index in [0.717, 1.165) is 19.4 Å². The van der Waals surface area contributed by atoms with Gasteiger partial charge in [-0.1, -0.05) is 46.0 Å². The van der Waals surface area contributed by atoms with Gasteiger partial charge in [-0.05, 0) is 32.2 Å². The molecule has 0 aliphatic rings. The van der Waals surface area contributed by atoms with Gasteiger partial charge in [0.2, 0.25) is 0 Å². The molecule has 2 N–H and O–H groups in total. The van der Waals surface area contributed by atoms with Crippen LogP contribution in [0.1, 0.15) is 71.6 Å². The summed E-state index contributed by atoms with van der Waals surface area (Å²) in [6.45, 7) is 5.91. The number of hydrogen-bond donors (Lipinski definition) is 2. The third-order valence-electron chi connectivity index (χ3n) is 3.17. The van der Waals surface area contributed by atoms with Crippen LogP contribution < -0.4 is 5.32 Å². The lowest BCUT2D eigenvalue weighted by Gasteiger charge is -2.16. The molecule has 2 heteroatoms. The van der Waals surface area contributed by atoms with Crippen LogP contribution >= 0.6 is 0 Å². The zero-order chi connectivity index (χ0) is 12.1. The van der Waals surface area contributed by atoms with Gasteiger partial charge in [0.25, 0.3) is 0 Å². The molecule has 0 saturated heterocycles. The van der Waals surface area contributed by atoms with Crippen molar-refractivity contribution in [2.45, 2.75) is 77.7 Å². The Kier molecular flexibility index (Phi) is 12.9. The highest BCUT2D eigenvalue weighted by Crippen LogP contribution is 2.09. The Morgan fingerprint density at radius 3 is 2.31 bits per heavy atom. The minimum Gasteiger partial charge on any atom is -0.396 e. The predicted molar refractivity (Wildman–Crippen MR) is 71.8 cm³/mol. The fraction of sp³-hybridized carbons (Fsp3) is 1.00. The van der Waals surface area contributed by atoms with Gasteiger partial charge in [-0.25, -0.2) is 0 Å². The summed E-state index contributed by atoms with van der Waals surface area (Å²) in [4.78, 5) is 0.